The number of aryl methyl sites for hydroxylation is 1. The van der Waals surface area contributed by atoms with Crippen LogP contribution in [0.15, 0.2) is 21.5 Å². The molecule has 118 valence electrons. The van der Waals surface area contributed by atoms with Gasteiger partial charge in [0.25, 0.3) is 0 Å². The van der Waals surface area contributed by atoms with Crippen LogP contribution in [0.5, 0.6) is 0 Å². The lowest BCUT2D eigenvalue weighted by molar-refractivity contribution is 0.447. The molecule has 21 heavy (non-hydrogen) atoms. The molecule has 1 aromatic rings. The highest BCUT2D eigenvalue weighted by atomic mass is 79.9. The van der Waals surface area contributed by atoms with Crippen LogP contribution in [0.1, 0.15) is 5.56 Å². The first-order valence-electron chi connectivity index (χ1n) is 6.56. The van der Waals surface area contributed by atoms with Crippen LogP contribution in [-0.2, 0) is 10.0 Å². The fourth-order valence-electron chi connectivity index (χ4n) is 3.05. The van der Waals surface area contributed by atoms with Crippen molar-refractivity contribution >= 4 is 38.4 Å². The normalized spacial score (nSPS) is 25.7. The molecule has 3 rings (SSSR count). The molecule has 8 heteroatoms. The van der Waals surface area contributed by atoms with Crippen LogP contribution in [0.4, 0.5) is 4.39 Å². The lowest BCUT2D eigenvalue weighted by atomic mass is 10.0. The second kappa shape index (κ2) is 6.12. The Labute approximate surface area is 138 Å². The fourth-order valence-corrected chi connectivity index (χ4v) is 5.33. The average Bonchev–Trinajstić information content (AvgIpc) is 2.94. The van der Waals surface area contributed by atoms with Gasteiger partial charge in [-0.2, -0.15) is 4.31 Å². The summed E-state index contributed by atoms with van der Waals surface area (Å²) < 4.78 is 40.6. The fraction of sp³-hybridized carbons (Fsp3) is 0.538. The number of benzene rings is 1. The molecule has 0 saturated carbocycles. The number of hydrogen-bond acceptors (Lipinski definition) is 3. The lowest BCUT2D eigenvalue weighted by Crippen LogP contribution is -2.32. The maximum atomic E-state index is 13.4. The van der Waals surface area contributed by atoms with Gasteiger partial charge < -0.3 is 5.32 Å². The molecule has 0 aromatic heterocycles. The maximum Gasteiger partial charge on any atom is 0.243 e. The minimum absolute atomic E-state index is 0. The van der Waals surface area contributed by atoms with E-state index in [0.717, 1.165) is 13.1 Å². The van der Waals surface area contributed by atoms with E-state index in [-0.39, 0.29) is 21.8 Å². The van der Waals surface area contributed by atoms with E-state index in [1.54, 1.807) is 6.92 Å². The predicted octanol–water partition coefficient (Wildman–Crippen LogP) is 2.16. The van der Waals surface area contributed by atoms with Gasteiger partial charge in [0.1, 0.15) is 5.82 Å². The Balaban J connectivity index is 0.00000161. The molecular formula is C13H17BrClFN2O2S. The van der Waals surface area contributed by atoms with Crippen molar-refractivity contribution < 1.29 is 12.8 Å². The molecule has 2 heterocycles. The van der Waals surface area contributed by atoms with Crippen LogP contribution in [0, 0.1) is 24.6 Å². The van der Waals surface area contributed by atoms with Crippen molar-refractivity contribution in [2.45, 2.75) is 11.8 Å². The molecule has 0 spiro atoms. The summed E-state index contributed by atoms with van der Waals surface area (Å²) >= 11 is 3.06. The predicted molar refractivity (Wildman–Crippen MR) is 84.7 cm³/mol. The summed E-state index contributed by atoms with van der Waals surface area (Å²) in [5.41, 5.74) is 0.445. The average molecular weight is 400 g/mol. The first-order chi connectivity index (χ1) is 9.39. The van der Waals surface area contributed by atoms with Crippen LogP contribution < -0.4 is 5.32 Å². The van der Waals surface area contributed by atoms with Gasteiger partial charge in [-0.05, 0) is 65.5 Å². The number of nitrogens with one attached hydrogen (secondary N) is 1. The van der Waals surface area contributed by atoms with Crippen LogP contribution >= 0.6 is 28.3 Å². The van der Waals surface area contributed by atoms with E-state index < -0.39 is 15.8 Å². The molecule has 0 radical (unpaired) electrons. The molecule has 1 N–H and O–H groups in total. The summed E-state index contributed by atoms with van der Waals surface area (Å²) in [4.78, 5) is 0.193. The zero-order valence-electron chi connectivity index (χ0n) is 11.5. The van der Waals surface area contributed by atoms with Gasteiger partial charge in [0, 0.05) is 13.1 Å². The van der Waals surface area contributed by atoms with Gasteiger partial charge in [-0.1, -0.05) is 0 Å². The monoisotopic (exact) mass is 398 g/mol. The Morgan fingerprint density at radius 1 is 1.29 bits per heavy atom. The molecule has 0 aliphatic carbocycles. The van der Waals surface area contributed by atoms with Crippen molar-refractivity contribution in [3.63, 3.8) is 0 Å². The Morgan fingerprint density at radius 2 is 1.86 bits per heavy atom. The van der Waals surface area contributed by atoms with Crippen LogP contribution in [0.3, 0.4) is 0 Å². The SMILES string of the molecule is Cc1cc(F)c(Br)cc1S(=O)(=O)N1C[C@H]2CNC[C@H]2C1.Cl. The number of nitrogens with zero attached hydrogens (tertiary/aromatic N) is 1. The summed E-state index contributed by atoms with van der Waals surface area (Å²) in [6.45, 7) is 4.48. The summed E-state index contributed by atoms with van der Waals surface area (Å²) in [6.07, 6.45) is 0. The van der Waals surface area contributed by atoms with E-state index in [2.05, 4.69) is 21.2 Å². The molecule has 2 saturated heterocycles. The maximum absolute atomic E-state index is 13.4. The zero-order valence-corrected chi connectivity index (χ0v) is 14.7. The van der Waals surface area contributed by atoms with E-state index >= 15 is 0 Å². The Kier molecular flexibility index (Phi) is 5.00. The van der Waals surface area contributed by atoms with Gasteiger partial charge >= 0.3 is 0 Å². The molecule has 0 bridgehead atoms. The number of sulfonamides is 1. The lowest BCUT2D eigenvalue weighted by Gasteiger charge is -2.19. The molecule has 4 nitrogen and oxygen atoms in total. The Hall–Kier alpha value is -0.210. The molecule has 2 fully saturated rings. The minimum atomic E-state index is -3.54. The van der Waals surface area contributed by atoms with Gasteiger partial charge in [-0.15, -0.1) is 12.4 Å². The second-order valence-corrected chi connectivity index (χ2v) is 8.29. The summed E-state index contributed by atoms with van der Waals surface area (Å²) in [7, 11) is -3.54. The van der Waals surface area contributed by atoms with Crippen LogP contribution in [-0.4, -0.2) is 38.9 Å². The highest BCUT2D eigenvalue weighted by Crippen LogP contribution is 2.33. The van der Waals surface area contributed by atoms with E-state index in [4.69, 9.17) is 0 Å². The van der Waals surface area contributed by atoms with Gasteiger partial charge in [-0.25, -0.2) is 12.8 Å². The molecule has 2 aliphatic rings. The first kappa shape index (κ1) is 17.1. The Bertz CT molecular complexity index is 644. The zero-order chi connectivity index (χ0) is 14.5. The first-order valence-corrected chi connectivity index (χ1v) is 8.79. The van der Waals surface area contributed by atoms with E-state index in [0.29, 0.717) is 30.5 Å². The quantitative estimate of drug-likeness (QED) is 0.829. The van der Waals surface area contributed by atoms with Crippen molar-refractivity contribution in [1.82, 2.24) is 9.62 Å². The number of rotatable bonds is 2. The van der Waals surface area contributed by atoms with E-state index in [1.165, 1.54) is 16.4 Å². The van der Waals surface area contributed by atoms with Gasteiger partial charge in [0.05, 0.1) is 9.37 Å². The number of fused-ring (bicyclic) bond motifs is 1. The standard InChI is InChI=1S/C13H16BrFN2O2S.ClH/c1-8-2-12(15)11(14)3-13(8)20(18,19)17-6-9-4-16-5-10(9)7-17;/h2-3,9-10,16H,4-7H2,1H3;1H/t9-,10+;. The third kappa shape index (κ3) is 2.99. The molecule has 0 unspecified atom stereocenters. The third-order valence-electron chi connectivity index (χ3n) is 4.19. The van der Waals surface area contributed by atoms with Crippen molar-refractivity contribution in [2.75, 3.05) is 26.2 Å². The molecule has 2 aliphatic heterocycles. The summed E-state index contributed by atoms with van der Waals surface area (Å²) in [5, 5.41) is 3.29. The molecule has 1 aromatic carbocycles. The number of halogens is 3. The topological polar surface area (TPSA) is 49.4 Å². The smallest absolute Gasteiger partial charge is 0.243 e. The third-order valence-corrected chi connectivity index (χ3v) is 6.77. The van der Waals surface area contributed by atoms with Crippen LogP contribution in [0.25, 0.3) is 0 Å². The van der Waals surface area contributed by atoms with Crippen molar-refractivity contribution in [3.8, 4) is 0 Å². The minimum Gasteiger partial charge on any atom is -0.316 e. The second-order valence-electron chi connectivity index (χ2n) is 5.53. The van der Waals surface area contributed by atoms with Gasteiger partial charge in [0.2, 0.25) is 10.0 Å². The van der Waals surface area contributed by atoms with Crippen molar-refractivity contribution in [3.05, 3.63) is 28.0 Å². The van der Waals surface area contributed by atoms with Crippen molar-refractivity contribution in [1.29, 1.82) is 0 Å². The highest BCUT2D eigenvalue weighted by Gasteiger charge is 2.41. The van der Waals surface area contributed by atoms with Gasteiger partial charge in [-0.3, -0.25) is 0 Å². The summed E-state index contributed by atoms with van der Waals surface area (Å²) in [5.74, 6) is 0.354. The molecule has 0 amide bonds. The van der Waals surface area contributed by atoms with E-state index in [1.807, 2.05) is 0 Å². The molecular weight excluding hydrogens is 383 g/mol. The number of hydrogen-bond donors (Lipinski definition) is 1. The van der Waals surface area contributed by atoms with Gasteiger partial charge in [0.15, 0.2) is 0 Å². The highest BCUT2D eigenvalue weighted by molar-refractivity contribution is 9.10. The largest absolute Gasteiger partial charge is 0.316 e. The molecule has 2 atom stereocenters. The summed E-state index contributed by atoms with van der Waals surface area (Å²) in [6, 6.07) is 2.63. The van der Waals surface area contributed by atoms with E-state index in [9.17, 15) is 12.8 Å². The van der Waals surface area contributed by atoms with Crippen molar-refractivity contribution in [2.24, 2.45) is 11.8 Å². The Morgan fingerprint density at radius 3 is 2.43 bits per heavy atom. The van der Waals surface area contributed by atoms with Crippen LogP contribution in [0.2, 0.25) is 0 Å².